The first-order chi connectivity index (χ1) is 11.4. The van der Waals surface area contributed by atoms with E-state index < -0.39 is 17.5 Å². The van der Waals surface area contributed by atoms with Crippen molar-refractivity contribution in [2.75, 3.05) is 53.0 Å². The van der Waals surface area contributed by atoms with Gasteiger partial charge in [-0.05, 0) is 13.3 Å². The molecule has 2 aliphatic rings. The number of amides is 4. The summed E-state index contributed by atoms with van der Waals surface area (Å²) in [5, 5.41) is 3.40. The van der Waals surface area contributed by atoms with Crippen molar-refractivity contribution in [2.24, 2.45) is 0 Å². The van der Waals surface area contributed by atoms with Crippen LogP contribution in [0.15, 0.2) is 0 Å². The number of rotatable bonds is 7. The summed E-state index contributed by atoms with van der Waals surface area (Å²) in [6.45, 7) is 8.48. The van der Waals surface area contributed by atoms with Crippen molar-refractivity contribution in [3.05, 3.63) is 0 Å². The largest absolute Gasteiger partial charge is 0.383 e. The number of hydrazine groups is 1. The van der Waals surface area contributed by atoms with Crippen LogP contribution in [-0.4, -0.2) is 91.2 Å². The van der Waals surface area contributed by atoms with Gasteiger partial charge in [-0.1, -0.05) is 6.92 Å². The van der Waals surface area contributed by atoms with Gasteiger partial charge in [-0.3, -0.25) is 24.8 Å². The molecule has 2 saturated heterocycles. The predicted molar refractivity (Wildman–Crippen MR) is 87.0 cm³/mol. The number of urea groups is 1. The molecule has 136 valence electrons. The maximum absolute atomic E-state index is 12.2. The van der Waals surface area contributed by atoms with Crippen molar-refractivity contribution < 1.29 is 19.1 Å². The van der Waals surface area contributed by atoms with E-state index in [1.807, 2.05) is 11.8 Å². The van der Waals surface area contributed by atoms with Crippen LogP contribution in [-0.2, 0) is 14.3 Å². The molecule has 1 atom stereocenters. The topological polar surface area (TPSA) is 94.2 Å². The highest BCUT2D eigenvalue weighted by Gasteiger charge is 2.47. The molecular weight excluding hydrogens is 314 g/mol. The summed E-state index contributed by atoms with van der Waals surface area (Å²) in [6, 6.07) is -0.581. The van der Waals surface area contributed by atoms with E-state index >= 15 is 0 Å². The van der Waals surface area contributed by atoms with E-state index in [1.54, 1.807) is 14.0 Å². The minimum absolute atomic E-state index is 0.165. The van der Waals surface area contributed by atoms with Gasteiger partial charge in [0.1, 0.15) is 5.54 Å². The van der Waals surface area contributed by atoms with Gasteiger partial charge in [0.15, 0.2) is 0 Å². The van der Waals surface area contributed by atoms with E-state index in [0.717, 1.165) is 37.7 Å². The van der Waals surface area contributed by atoms with Crippen LogP contribution in [0.3, 0.4) is 0 Å². The zero-order chi connectivity index (χ0) is 17.7. The normalized spacial score (nSPS) is 25.9. The Morgan fingerprint density at radius 2 is 1.88 bits per heavy atom. The van der Waals surface area contributed by atoms with Crippen molar-refractivity contribution in [1.29, 1.82) is 0 Å². The molecule has 9 heteroatoms. The van der Waals surface area contributed by atoms with Crippen LogP contribution in [0, 0.1) is 0 Å². The molecule has 2 fully saturated rings. The summed E-state index contributed by atoms with van der Waals surface area (Å²) < 4.78 is 5.06. The lowest BCUT2D eigenvalue weighted by atomic mass is 10.00. The fourth-order valence-electron chi connectivity index (χ4n) is 2.78. The van der Waals surface area contributed by atoms with E-state index in [9.17, 15) is 14.4 Å². The molecule has 0 unspecified atom stereocenters. The highest BCUT2D eigenvalue weighted by Crippen LogP contribution is 2.19. The number of carbonyl (C=O) groups excluding carboxylic acids is 3. The van der Waals surface area contributed by atoms with Crippen LogP contribution in [0.25, 0.3) is 0 Å². The number of imide groups is 1. The molecule has 2 aliphatic heterocycles. The van der Waals surface area contributed by atoms with Gasteiger partial charge >= 0.3 is 6.03 Å². The number of hydrogen-bond acceptors (Lipinski definition) is 6. The van der Waals surface area contributed by atoms with Crippen LogP contribution in [0.1, 0.15) is 20.3 Å². The number of methoxy groups -OCH3 is 1. The second-order valence-electron chi connectivity index (χ2n) is 6.40. The molecule has 9 nitrogen and oxygen atoms in total. The zero-order valence-corrected chi connectivity index (χ0v) is 14.6. The molecule has 0 saturated carbocycles. The summed E-state index contributed by atoms with van der Waals surface area (Å²) in [5.74, 6) is -0.781. The van der Waals surface area contributed by atoms with E-state index in [4.69, 9.17) is 4.74 Å². The molecular formula is C15H27N5O4. The molecule has 0 bridgehead atoms. The molecule has 0 aliphatic carbocycles. The van der Waals surface area contributed by atoms with Crippen molar-refractivity contribution in [1.82, 2.24) is 25.6 Å². The third kappa shape index (κ3) is 4.22. The molecule has 24 heavy (non-hydrogen) atoms. The minimum atomic E-state index is -0.947. The van der Waals surface area contributed by atoms with Crippen molar-refractivity contribution in [2.45, 2.75) is 25.8 Å². The Balaban J connectivity index is 1.78. The molecule has 2 rings (SSSR count). The van der Waals surface area contributed by atoms with Crippen molar-refractivity contribution in [3.63, 3.8) is 0 Å². The average Bonchev–Trinajstić information content (AvgIpc) is 2.78. The van der Waals surface area contributed by atoms with Gasteiger partial charge in [0.2, 0.25) is 0 Å². The van der Waals surface area contributed by atoms with Crippen LogP contribution >= 0.6 is 0 Å². The Labute approximate surface area is 142 Å². The van der Waals surface area contributed by atoms with Crippen LogP contribution in [0.2, 0.25) is 0 Å². The van der Waals surface area contributed by atoms with Crippen LogP contribution in [0.5, 0.6) is 0 Å². The van der Waals surface area contributed by atoms with Crippen molar-refractivity contribution in [3.8, 4) is 0 Å². The van der Waals surface area contributed by atoms with Gasteiger partial charge in [-0.2, -0.15) is 5.01 Å². The first kappa shape index (κ1) is 18.6. The Bertz CT molecular complexity index is 492. The van der Waals surface area contributed by atoms with Gasteiger partial charge in [-0.15, -0.1) is 0 Å². The fraction of sp³-hybridized carbons (Fsp3) is 0.800. The lowest BCUT2D eigenvalue weighted by molar-refractivity contribution is -0.139. The highest BCUT2D eigenvalue weighted by molar-refractivity contribution is 6.07. The standard InChI is InChI=1S/C15H27N5O4/c1-4-15(2)13(22)20(14(23)16-15)17-12(21)11-19-7-5-18(6-8-19)9-10-24-3/h4-11H2,1-3H3,(H,16,23)(H,17,21)/t15-/m1/s1. The Kier molecular flexibility index (Phi) is 6.14. The lowest BCUT2D eigenvalue weighted by Gasteiger charge is -2.34. The number of nitrogens with one attached hydrogen (secondary N) is 2. The number of ether oxygens (including phenoxy) is 1. The quantitative estimate of drug-likeness (QED) is 0.577. The summed E-state index contributed by atoms with van der Waals surface area (Å²) in [4.78, 5) is 40.6. The van der Waals surface area contributed by atoms with Gasteiger partial charge < -0.3 is 10.1 Å². The maximum Gasteiger partial charge on any atom is 0.344 e. The predicted octanol–water partition coefficient (Wildman–Crippen LogP) is -0.998. The van der Waals surface area contributed by atoms with Gasteiger partial charge in [0.05, 0.1) is 13.2 Å². The van der Waals surface area contributed by atoms with E-state index in [1.165, 1.54) is 0 Å². The third-order valence-electron chi connectivity index (χ3n) is 4.65. The summed E-state index contributed by atoms with van der Waals surface area (Å²) in [6.07, 6.45) is 0.466. The van der Waals surface area contributed by atoms with Crippen LogP contribution < -0.4 is 10.7 Å². The molecule has 0 aromatic heterocycles. The third-order valence-corrected chi connectivity index (χ3v) is 4.65. The summed E-state index contributed by atoms with van der Waals surface area (Å²) in [5.41, 5.74) is 1.47. The Hall–Kier alpha value is -1.71. The first-order valence-electron chi connectivity index (χ1n) is 8.29. The lowest BCUT2D eigenvalue weighted by Crippen LogP contribution is -2.54. The Morgan fingerprint density at radius 3 is 2.42 bits per heavy atom. The summed E-state index contributed by atoms with van der Waals surface area (Å²) >= 11 is 0. The van der Waals surface area contributed by atoms with Gasteiger partial charge in [0, 0.05) is 39.8 Å². The molecule has 0 spiro atoms. The Morgan fingerprint density at radius 1 is 1.25 bits per heavy atom. The smallest absolute Gasteiger partial charge is 0.344 e. The van der Waals surface area contributed by atoms with E-state index in [0.29, 0.717) is 13.0 Å². The van der Waals surface area contributed by atoms with Gasteiger partial charge in [-0.25, -0.2) is 4.79 Å². The molecule has 0 aromatic rings. The second kappa shape index (κ2) is 7.91. The summed E-state index contributed by atoms with van der Waals surface area (Å²) in [7, 11) is 1.68. The molecule has 0 radical (unpaired) electrons. The SMILES string of the molecule is CC[C@@]1(C)NC(=O)N(NC(=O)CN2CCN(CCOC)CC2)C1=O. The molecule has 0 aromatic carbocycles. The number of carbonyl (C=O) groups is 3. The second-order valence-corrected chi connectivity index (χ2v) is 6.40. The highest BCUT2D eigenvalue weighted by atomic mass is 16.5. The van der Waals surface area contributed by atoms with Gasteiger partial charge in [0.25, 0.3) is 11.8 Å². The van der Waals surface area contributed by atoms with E-state index in [2.05, 4.69) is 15.6 Å². The molecule has 2 heterocycles. The van der Waals surface area contributed by atoms with E-state index in [-0.39, 0.29) is 12.5 Å². The first-order valence-corrected chi connectivity index (χ1v) is 8.29. The number of piperazine rings is 1. The molecule has 4 amide bonds. The minimum Gasteiger partial charge on any atom is -0.383 e. The maximum atomic E-state index is 12.2. The number of hydrogen-bond donors (Lipinski definition) is 2. The zero-order valence-electron chi connectivity index (χ0n) is 14.6. The molecule has 2 N–H and O–H groups in total. The monoisotopic (exact) mass is 341 g/mol. The fourth-order valence-corrected chi connectivity index (χ4v) is 2.78. The van der Waals surface area contributed by atoms with Crippen molar-refractivity contribution >= 4 is 17.8 Å². The van der Waals surface area contributed by atoms with Crippen LogP contribution in [0.4, 0.5) is 4.79 Å². The number of nitrogens with zero attached hydrogens (tertiary/aromatic N) is 3. The average molecular weight is 341 g/mol.